The van der Waals surface area contributed by atoms with Crippen LogP contribution in [0.1, 0.15) is 142 Å². The molecular formula is C47H78O17P2. The van der Waals surface area contributed by atoms with Gasteiger partial charge in [0.15, 0.2) is 6.10 Å². The summed E-state index contributed by atoms with van der Waals surface area (Å²) in [6.45, 7) is 2.88. The number of phosphoric ester groups is 2. The molecule has 1 aliphatic heterocycles. The van der Waals surface area contributed by atoms with Gasteiger partial charge in [0.25, 0.3) is 0 Å². The van der Waals surface area contributed by atoms with Gasteiger partial charge < -0.3 is 49.3 Å². The number of hydrogen-bond acceptors (Lipinski definition) is 14. The van der Waals surface area contributed by atoms with Crippen molar-refractivity contribution in [2.75, 3.05) is 13.2 Å². The lowest BCUT2D eigenvalue weighted by Crippen LogP contribution is -2.64. The fourth-order valence-electron chi connectivity index (χ4n) is 6.95. The van der Waals surface area contributed by atoms with Crippen LogP contribution >= 0.6 is 15.6 Å². The van der Waals surface area contributed by atoms with E-state index >= 15 is 0 Å². The molecule has 0 aromatic heterocycles. The monoisotopic (exact) mass is 976 g/mol. The maximum Gasteiger partial charge on any atom is 0.472 e. The van der Waals surface area contributed by atoms with E-state index in [1.807, 2.05) is 0 Å². The number of unbranched alkanes of at least 4 members (excludes halogenated alkanes) is 8. The largest absolute Gasteiger partial charge is 0.472 e. The average molecular weight is 977 g/mol. The summed E-state index contributed by atoms with van der Waals surface area (Å²) in [5.41, 5.74) is 0. The van der Waals surface area contributed by atoms with Crippen molar-refractivity contribution in [3.05, 3.63) is 72.9 Å². The molecule has 378 valence electrons. The van der Waals surface area contributed by atoms with E-state index in [1.165, 1.54) is 19.3 Å². The summed E-state index contributed by atoms with van der Waals surface area (Å²) in [6, 6.07) is 0. The Morgan fingerprint density at radius 1 is 0.576 bits per heavy atom. The van der Waals surface area contributed by atoms with Crippen molar-refractivity contribution in [3.63, 3.8) is 0 Å². The summed E-state index contributed by atoms with van der Waals surface area (Å²) in [5.74, 6) is -1.31. The summed E-state index contributed by atoms with van der Waals surface area (Å²) < 4.78 is 55.1. The molecular weight excluding hydrogens is 898 g/mol. The zero-order chi connectivity index (χ0) is 48.6. The van der Waals surface area contributed by atoms with Gasteiger partial charge >= 0.3 is 27.6 Å². The number of aliphatic hydroxyl groups is 4. The first-order valence-corrected chi connectivity index (χ1v) is 26.6. The predicted octanol–water partition coefficient (Wildman–Crippen LogP) is 7.83. The quantitative estimate of drug-likeness (QED) is 0.0103. The summed E-state index contributed by atoms with van der Waals surface area (Å²) in [7, 11) is -10.7. The van der Waals surface area contributed by atoms with Crippen LogP contribution in [-0.2, 0) is 46.5 Å². The summed E-state index contributed by atoms with van der Waals surface area (Å²) in [5, 5.41) is 41.3. The second kappa shape index (κ2) is 34.6. The van der Waals surface area contributed by atoms with Crippen LogP contribution < -0.4 is 0 Å². The summed E-state index contributed by atoms with van der Waals surface area (Å²) in [6.07, 6.45) is 27.3. The molecule has 0 bridgehead atoms. The van der Waals surface area contributed by atoms with E-state index in [0.717, 1.165) is 77.0 Å². The third-order valence-corrected chi connectivity index (χ3v) is 12.2. The Kier molecular flexibility index (Phi) is 31.2. The Labute approximate surface area is 391 Å². The normalized spacial score (nSPS) is 25.2. The van der Waals surface area contributed by atoms with E-state index in [2.05, 4.69) is 91.3 Å². The van der Waals surface area contributed by atoms with Crippen molar-refractivity contribution >= 4 is 27.6 Å². The highest BCUT2D eigenvalue weighted by Gasteiger charge is 2.54. The van der Waals surface area contributed by atoms with Crippen LogP contribution in [0, 0.1) is 0 Å². The molecule has 2 aliphatic rings. The first kappa shape index (κ1) is 59.5. The molecule has 0 spiro atoms. The van der Waals surface area contributed by atoms with E-state index in [9.17, 15) is 53.8 Å². The Balaban J connectivity index is 1.84. The zero-order valence-corrected chi connectivity index (χ0v) is 40.6. The van der Waals surface area contributed by atoms with Gasteiger partial charge in [0.1, 0.15) is 43.2 Å². The number of ether oxygens (including phenoxy) is 3. The van der Waals surface area contributed by atoms with Crippen LogP contribution in [0.2, 0.25) is 0 Å². The Morgan fingerprint density at radius 3 is 1.71 bits per heavy atom. The standard InChI is InChI=1S/C47H78O17P2/c1-3-5-7-9-11-13-15-17-18-19-21-23-25-27-29-33-41(49)61-37(36-60-66(57,58)64-47-44(52)42(50)43(51)46(45(47)53)63-65(54,55)56)35-59-40(48)34-30-32-39-38(62-39)31-28-26-24-22-20-16-14-12-10-8-6-4-2/h5,7,11-14,17-18,20,22,26,28,37-39,42-47,50-53H,3-4,6,8-10,15-16,19,21,23-25,27,29-36H2,1-2H3,(H,57,58)(H2,54,55,56)/b7-5-,13-11-,14-12-,18-17-,22-20-,28-26-/t37-,38?,39?,42?,43?,44?,45?,46-,47+/m1/s1. The first-order chi connectivity index (χ1) is 31.6. The molecule has 0 aromatic rings. The van der Waals surface area contributed by atoms with Gasteiger partial charge in [-0.1, -0.05) is 119 Å². The maximum atomic E-state index is 13.0. The molecule has 0 amide bonds. The molecule has 0 radical (unpaired) electrons. The number of hydrogen-bond donors (Lipinski definition) is 7. The smallest absolute Gasteiger partial charge is 0.462 e. The van der Waals surface area contributed by atoms with E-state index in [0.29, 0.717) is 19.3 Å². The van der Waals surface area contributed by atoms with Gasteiger partial charge in [0.2, 0.25) is 0 Å². The van der Waals surface area contributed by atoms with E-state index in [-0.39, 0.29) is 25.0 Å². The molecule has 7 N–H and O–H groups in total. The Bertz CT molecular complexity index is 1620. The molecule has 19 heteroatoms. The molecule has 1 aliphatic carbocycles. The molecule has 1 heterocycles. The van der Waals surface area contributed by atoms with E-state index in [4.69, 9.17) is 23.3 Å². The molecule has 10 atom stereocenters. The molecule has 1 saturated carbocycles. The van der Waals surface area contributed by atoms with Gasteiger partial charge in [-0.05, 0) is 83.5 Å². The number of phosphoric acid groups is 2. The number of carbonyl (C=O) groups excluding carboxylic acids is 2. The van der Waals surface area contributed by atoms with Gasteiger partial charge in [0.05, 0.1) is 18.8 Å². The highest BCUT2D eigenvalue weighted by atomic mass is 31.2. The summed E-state index contributed by atoms with van der Waals surface area (Å²) in [4.78, 5) is 54.4. The Hall–Kier alpha value is -2.60. The van der Waals surface area contributed by atoms with Crippen LogP contribution in [0.3, 0.4) is 0 Å². The van der Waals surface area contributed by atoms with Crippen molar-refractivity contribution in [1.82, 2.24) is 0 Å². The van der Waals surface area contributed by atoms with Gasteiger partial charge in [0, 0.05) is 12.8 Å². The number of epoxide rings is 1. The van der Waals surface area contributed by atoms with Crippen molar-refractivity contribution in [3.8, 4) is 0 Å². The van der Waals surface area contributed by atoms with Crippen LogP contribution in [0.5, 0.6) is 0 Å². The Morgan fingerprint density at radius 2 is 1.11 bits per heavy atom. The fraction of sp³-hybridized carbons (Fsp3) is 0.702. The van der Waals surface area contributed by atoms with Gasteiger partial charge in [-0.15, -0.1) is 0 Å². The SMILES string of the molecule is CC/C=C\C/C=C\C/C=C\CCCCCCCC(=O)O[C@H](COC(=O)CCCC1OC1C/C=C\C/C=C\C/C=C\CCCCC)COP(=O)(O)O[C@H]1C(O)C(O)C(O)[C@@H](OP(=O)(O)O)C1O. The summed E-state index contributed by atoms with van der Waals surface area (Å²) >= 11 is 0. The predicted molar refractivity (Wildman–Crippen MR) is 250 cm³/mol. The first-order valence-electron chi connectivity index (χ1n) is 23.6. The van der Waals surface area contributed by atoms with Crippen molar-refractivity contribution in [2.24, 2.45) is 0 Å². The van der Waals surface area contributed by atoms with Crippen molar-refractivity contribution in [1.29, 1.82) is 0 Å². The van der Waals surface area contributed by atoms with Crippen molar-refractivity contribution < 1.29 is 81.6 Å². The number of esters is 2. The second-order valence-electron chi connectivity index (χ2n) is 16.5. The molecule has 2 rings (SSSR count). The maximum absolute atomic E-state index is 13.0. The van der Waals surface area contributed by atoms with E-state index in [1.54, 1.807) is 0 Å². The number of allylic oxidation sites excluding steroid dienone is 11. The second-order valence-corrected chi connectivity index (χ2v) is 19.1. The lowest BCUT2D eigenvalue weighted by molar-refractivity contribution is -0.216. The van der Waals surface area contributed by atoms with Crippen LogP contribution in [0.25, 0.3) is 0 Å². The minimum atomic E-state index is -5.38. The van der Waals surface area contributed by atoms with Crippen molar-refractivity contribution in [2.45, 2.75) is 197 Å². The third-order valence-electron chi connectivity index (χ3n) is 10.7. The van der Waals surface area contributed by atoms with Gasteiger partial charge in [-0.25, -0.2) is 9.13 Å². The lowest BCUT2D eigenvalue weighted by atomic mass is 9.85. The minimum Gasteiger partial charge on any atom is -0.462 e. The lowest BCUT2D eigenvalue weighted by Gasteiger charge is -2.43. The molecule has 17 nitrogen and oxygen atoms in total. The van der Waals surface area contributed by atoms with Gasteiger partial charge in [-0.2, -0.15) is 0 Å². The van der Waals surface area contributed by atoms with Gasteiger partial charge in [-0.3, -0.25) is 23.2 Å². The minimum absolute atomic E-state index is 0.00431. The molecule has 2 fully saturated rings. The van der Waals surface area contributed by atoms with Crippen LogP contribution in [0.15, 0.2) is 72.9 Å². The average Bonchev–Trinajstić information content (AvgIpc) is 4.03. The molecule has 66 heavy (non-hydrogen) atoms. The highest BCUT2D eigenvalue weighted by molar-refractivity contribution is 7.47. The highest BCUT2D eigenvalue weighted by Crippen LogP contribution is 2.49. The molecule has 7 unspecified atom stereocenters. The fourth-order valence-corrected chi connectivity index (χ4v) is 8.49. The third kappa shape index (κ3) is 28.0. The van der Waals surface area contributed by atoms with E-state index < -0.39 is 83.5 Å². The molecule has 0 aromatic carbocycles. The number of rotatable bonds is 37. The number of carbonyl (C=O) groups is 2. The zero-order valence-electron chi connectivity index (χ0n) is 38.8. The van der Waals surface area contributed by atoms with Crippen LogP contribution in [-0.4, -0.2) is 115 Å². The van der Waals surface area contributed by atoms with Crippen LogP contribution in [0.4, 0.5) is 0 Å². The topological polar surface area (TPSA) is 269 Å². The number of aliphatic hydroxyl groups excluding tert-OH is 4. The molecule has 1 saturated heterocycles.